The number of aromatic nitrogens is 4. The molecule has 2 aromatic carbocycles. The Balaban J connectivity index is 1.69. The monoisotopic (exact) mass is 533 g/mol. The van der Waals surface area contributed by atoms with Crippen molar-refractivity contribution in [1.29, 1.82) is 0 Å². The van der Waals surface area contributed by atoms with Gasteiger partial charge in [-0.2, -0.15) is 18.3 Å². The van der Waals surface area contributed by atoms with Gasteiger partial charge in [0, 0.05) is 29.6 Å². The Morgan fingerprint density at radius 1 is 0.921 bits per heavy atom. The molecule has 0 bridgehead atoms. The summed E-state index contributed by atoms with van der Waals surface area (Å²) in [5.74, 6) is -0.637. The second-order valence-corrected chi connectivity index (χ2v) is 8.39. The van der Waals surface area contributed by atoms with Gasteiger partial charge in [0.25, 0.3) is 5.56 Å². The lowest BCUT2D eigenvalue weighted by Crippen LogP contribution is -2.23. The van der Waals surface area contributed by atoms with Gasteiger partial charge in [0.2, 0.25) is 0 Å². The van der Waals surface area contributed by atoms with E-state index in [1.165, 1.54) is 24.3 Å². The van der Waals surface area contributed by atoms with Gasteiger partial charge in [-0.05, 0) is 60.2 Å². The predicted molar refractivity (Wildman–Crippen MR) is 128 cm³/mol. The van der Waals surface area contributed by atoms with E-state index >= 15 is 0 Å². The number of fused-ring (bicyclic) bond motifs is 2. The second kappa shape index (κ2) is 9.08. The lowest BCUT2D eigenvalue weighted by atomic mass is 10.0. The topological polar surface area (TPSA) is 74.0 Å². The number of halogens is 6. The first kappa shape index (κ1) is 25.1. The van der Waals surface area contributed by atoms with Crippen molar-refractivity contribution < 1.29 is 31.1 Å². The highest BCUT2D eigenvalue weighted by atomic mass is 19.4. The Labute approximate surface area is 209 Å². The highest BCUT2D eigenvalue weighted by Gasteiger charge is 2.31. The third kappa shape index (κ3) is 5.26. The van der Waals surface area contributed by atoms with Crippen molar-refractivity contribution in [3.8, 4) is 22.6 Å². The van der Waals surface area contributed by atoms with E-state index < -0.39 is 30.4 Å². The molecule has 0 aliphatic carbocycles. The smallest absolute Gasteiger partial charge is 0.406 e. The molecule has 0 saturated heterocycles. The summed E-state index contributed by atoms with van der Waals surface area (Å²) in [6, 6.07) is 14.1. The van der Waals surface area contributed by atoms with Crippen LogP contribution in [0.1, 0.15) is 0 Å². The summed E-state index contributed by atoms with van der Waals surface area (Å²) in [6.07, 6.45) is -7.63. The van der Waals surface area contributed by atoms with Gasteiger partial charge in [0.05, 0.1) is 11.2 Å². The van der Waals surface area contributed by atoms with Gasteiger partial charge in [0.15, 0.2) is 0 Å². The zero-order chi connectivity index (χ0) is 27.2. The number of hydrogen-bond acceptors (Lipinski definition) is 5. The maximum absolute atomic E-state index is 13.8. The molecule has 0 spiro atoms. The molecule has 0 unspecified atom stereocenters. The largest absolute Gasteiger partial charge is 0.573 e. The SMILES string of the molecule is Cn1cc2cc(-c3cc4ccc(NCC(F)(F)F)nc4n(-c4ccc(OC(F)(F)F)cc4)c3=O)ccc2n1. The fourth-order valence-electron chi connectivity index (χ4n) is 4.03. The molecule has 0 amide bonds. The lowest BCUT2D eigenvalue weighted by Gasteiger charge is -2.15. The predicted octanol–water partition coefficient (Wildman–Crippen LogP) is 5.81. The van der Waals surface area contributed by atoms with Crippen LogP contribution in [-0.4, -0.2) is 38.4 Å². The average molecular weight is 533 g/mol. The van der Waals surface area contributed by atoms with Crippen LogP contribution in [0.15, 0.2) is 71.7 Å². The van der Waals surface area contributed by atoms with Crippen LogP contribution in [0.25, 0.3) is 38.8 Å². The third-order valence-corrected chi connectivity index (χ3v) is 5.58. The Morgan fingerprint density at radius 3 is 2.34 bits per heavy atom. The summed E-state index contributed by atoms with van der Waals surface area (Å²) in [7, 11) is 1.75. The van der Waals surface area contributed by atoms with E-state index in [1.54, 1.807) is 42.2 Å². The molecular weight excluding hydrogens is 516 g/mol. The van der Waals surface area contributed by atoms with Crippen molar-refractivity contribution >= 4 is 27.8 Å². The molecule has 0 saturated carbocycles. The average Bonchev–Trinajstić information content (AvgIpc) is 3.21. The van der Waals surface area contributed by atoms with Crippen LogP contribution in [0.3, 0.4) is 0 Å². The Kier molecular flexibility index (Phi) is 6.00. The number of benzene rings is 2. The number of anilines is 1. The number of nitrogens with zero attached hydrogens (tertiary/aromatic N) is 4. The number of aryl methyl sites for hydroxylation is 1. The summed E-state index contributed by atoms with van der Waals surface area (Å²) >= 11 is 0. The van der Waals surface area contributed by atoms with Gasteiger partial charge >= 0.3 is 12.5 Å². The maximum Gasteiger partial charge on any atom is 0.573 e. The molecule has 5 aromatic rings. The Morgan fingerprint density at radius 2 is 1.66 bits per heavy atom. The van der Waals surface area contributed by atoms with E-state index in [0.717, 1.165) is 22.1 Å². The van der Waals surface area contributed by atoms with E-state index in [1.807, 2.05) is 0 Å². The molecule has 0 atom stereocenters. The van der Waals surface area contributed by atoms with Crippen molar-refractivity contribution in [3.05, 3.63) is 77.2 Å². The first-order valence-electron chi connectivity index (χ1n) is 11.0. The molecular formula is C25H17F6N5O2. The second-order valence-electron chi connectivity index (χ2n) is 8.39. The minimum absolute atomic E-state index is 0.0119. The summed E-state index contributed by atoms with van der Waals surface area (Å²) in [4.78, 5) is 18.0. The van der Waals surface area contributed by atoms with Crippen molar-refractivity contribution in [3.63, 3.8) is 0 Å². The normalized spacial score (nSPS) is 12.3. The zero-order valence-corrected chi connectivity index (χ0v) is 19.4. The molecule has 1 N–H and O–H groups in total. The van der Waals surface area contributed by atoms with Gasteiger partial charge < -0.3 is 10.1 Å². The number of pyridine rings is 2. The number of ether oxygens (including phenoxy) is 1. The van der Waals surface area contributed by atoms with Crippen molar-refractivity contribution in [2.24, 2.45) is 7.05 Å². The van der Waals surface area contributed by atoms with Crippen molar-refractivity contribution in [2.45, 2.75) is 12.5 Å². The Hall–Kier alpha value is -4.55. The van der Waals surface area contributed by atoms with Gasteiger partial charge in [-0.25, -0.2) is 4.98 Å². The van der Waals surface area contributed by atoms with Gasteiger partial charge in [0.1, 0.15) is 23.8 Å². The standard InChI is InChI=1S/C25H17F6N5O2/c1-35-12-16-10-14(2-8-20(16)34-35)19-11-15-3-9-21(32-13-24(26,27)28)33-22(15)36(23(19)37)17-4-6-18(7-5-17)38-25(29,30)31/h2-12H,13H2,1H3,(H,32,33). The zero-order valence-electron chi connectivity index (χ0n) is 19.4. The van der Waals surface area contributed by atoms with Gasteiger partial charge in [-0.15, -0.1) is 13.2 Å². The molecule has 0 radical (unpaired) electrons. The Bertz CT molecular complexity index is 1710. The van der Waals surface area contributed by atoms with E-state index in [9.17, 15) is 31.1 Å². The highest BCUT2D eigenvalue weighted by molar-refractivity contribution is 5.88. The van der Waals surface area contributed by atoms with Crippen LogP contribution in [0.5, 0.6) is 5.75 Å². The van der Waals surface area contributed by atoms with Crippen LogP contribution < -0.4 is 15.6 Å². The van der Waals surface area contributed by atoms with Crippen molar-refractivity contribution in [1.82, 2.24) is 19.3 Å². The number of alkyl halides is 6. The van der Waals surface area contributed by atoms with Crippen LogP contribution in [0.2, 0.25) is 0 Å². The summed E-state index contributed by atoms with van der Waals surface area (Å²) in [6.45, 7) is -1.34. The van der Waals surface area contributed by atoms with Crippen LogP contribution in [0.4, 0.5) is 32.2 Å². The summed E-state index contributed by atoms with van der Waals surface area (Å²) in [5, 5.41) is 7.67. The molecule has 3 aromatic heterocycles. The molecule has 0 aliphatic rings. The highest BCUT2D eigenvalue weighted by Crippen LogP contribution is 2.28. The number of hydrogen-bond donors (Lipinski definition) is 1. The summed E-state index contributed by atoms with van der Waals surface area (Å²) in [5.41, 5.74) is 1.07. The van der Waals surface area contributed by atoms with Gasteiger partial charge in [-0.3, -0.25) is 14.0 Å². The minimum atomic E-state index is -4.91. The molecule has 5 rings (SSSR count). The van der Waals surface area contributed by atoms with Crippen LogP contribution in [0, 0.1) is 0 Å². The molecule has 0 fully saturated rings. The summed E-state index contributed by atoms with van der Waals surface area (Å²) < 4.78 is 82.7. The molecule has 38 heavy (non-hydrogen) atoms. The van der Waals surface area contributed by atoms with Crippen molar-refractivity contribution in [2.75, 3.05) is 11.9 Å². The number of rotatable bonds is 5. The van der Waals surface area contributed by atoms with E-state index in [2.05, 4.69) is 20.1 Å². The van der Waals surface area contributed by atoms with Crippen LogP contribution in [-0.2, 0) is 7.05 Å². The molecule has 3 heterocycles. The first-order valence-corrected chi connectivity index (χ1v) is 11.0. The fourth-order valence-corrected chi connectivity index (χ4v) is 4.03. The number of nitrogens with one attached hydrogen (secondary N) is 1. The van der Waals surface area contributed by atoms with E-state index in [0.29, 0.717) is 16.5 Å². The van der Waals surface area contributed by atoms with E-state index in [-0.39, 0.29) is 22.7 Å². The first-order chi connectivity index (χ1) is 17.9. The lowest BCUT2D eigenvalue weighted by molar-refractivity contribution is -0.274. The fraction of sp³-hybridized carbons (Fsp3) is 0.160. The third-order valence-electron chi connectivity index (χ3n) is 5.58. The van der Waals surface area contributed by atoms with Gasteiger partial charge in [-0.1, -0.05) is 6.07 Å². The molecule has 0 aliphatic heterocycles. The minimum Gasteiger partial charge on any atom is -0.406 e. The molecule has 7 nitrogen and oxygen atoms in total. The molecule has 196 valence electrons. The van der Waals surface area contributed by atoms with E-state index in [4.69, 9.17) is 0 Å². The van der Waals surface area contributed by atoms with Crippen LogP contribution >= 0.6 is 0 Å². The quantitative estimate of drug-likeness (QED) is 0.289. The maximum atomic E-state index is 13.8. The molecule has 13 heteroatoms.